The average molecular weight is 335 g/mol. The highest BCUT2D eigenvalue weighted by molar-refractivity contribution is 6.31. The Morgan fingerprint density at radius 1 is 1.30 bits per heavy atom. The zero-order valence-corrected chi connectivity index (χ0v) is 13.1. The largest absolute Gasteiger partial charge is 0.396 e. The van der Waals surface area contributed by atoms with Gasteiger partial charge in [-0.2, -0.15) is 0 Å². The summed E-state index contributed by atoms with van der Waals surface area (Å²) in [6.07, 6.45) is -0.209. The first-order chi connectivity index (χ1) is 11.1. The molecule has 1 aliphatic heterocycles. The van der Waals surface area contributed by atoms with Crippen LogP contribution in [-0.2, 0) is 4.74 Å². The lowest BCUT2D eigenvalue weighted by molar-refractivity contribution is -0.0228. The molecule has 0 aromatic heterocycles. The molecule has 0 aliphatic carbocycles. The fourth-order valence-corrected chi connectivity index (χ4v) is 2.84. The Labute approximate surface area is 138 Å². The van der Waals surface area contributed by atoms with Crippen molar-refractivity contribution in [3.63, 3.8) is 0 Å². The van der Waals surface area contributed by atoms with E-state index in [2.05, 4.69) is 0 Å². The summed E-state index contributed by atoms with van der Waals surface area (Å²) in [5, 5.41) is 0.146. The summed E-state index contributed by atoms with van der Waals surface area (Å²) in [6, 6.07) is 12.2. The van der Waals surface area contributed by atoms with Gasteiger partial charge in [-0.3, -0.25) is 4.79 Å². The van der Waals surface area contributed by atoms with Crippen LogP contribution in [0.15, 0.2) is 42.5 Å². The number of hydrogen-bond acceptors (Lipinski definition) is 3. The number of amides is 1. The summed E-state index contributed by atoms with van der Waals surface area (Å²) in [5.74, 6) is -1.03. The number of halogens is 2. The van der Waals surface area contributed by atoms with Crippen LogP contribution in [0.4, 0.5) is 10.1 Å². The van der Waals surface area contributed by atoms with Gasteiger partial charge in [0.2, 0.25) is 0 Å². The maximum absolute atomic E-state index is 13.7. The zero-order valence-electron chi connectivity index (χ0n) is 12.3. The number of nitrogens with two attached hydrogens (primary N) is 1. The molecule has 0 bridgehead atoms. The van der Waals surface area contributed by atoms with E-state index in [0.29, 0.717) is 19.7 Å². The molecule has 1 aliphatic rings. The van der Waals surface area contributed by atoms with E-state index < -0.39 is 5.82 Å². The van der Waals surface area contributed by atoms with Gasteiger partial charge in [-0.15, -0.1) is 0 Å². The number of rotatable bonds is 2. The van der Waals surface area contributed by atoms with Gasteiger partial charge >= 0.3 is 0 Å². The summed E-state index contributed by atoms with van der Waals surface area (Å²) < 4.78 is 19.4. The van der Waals surface area contributed by atoms with E-state index in [9.17, 15) is 9.18 Å². The molecule has 1 fully saturated rings. The maximum Gasteiger partial charge on any atom is 0.256 e. The minimum atomic E-state index is -0.686. The summed E-state index contributed by atoms with van der Waals surface area (Å²) in [5.41, 5.74) is 6.60. The summed E-state index contributed by atoms with van der Waals surface area (Å²) in [4.78, 5) is 14.3. The maximum atomic E-state index is 13.7. The second-order valence-electron chi connectivity index (χ2n) is 5.37. The average Bonchev–Trinajstić information content (AvgIpc) is 2.58. The summed E-state index contributed by atoms with van der Waals surface area (Å²) >= 11 is 5.84. The van der Waals surface area contributed by atoms with E-state index in [1.807, 2.05) is 30.3 Å². The van der Waals surface area contributed by atoms with E-state index in [1.54, 1.807) is 4.90 Å². The van der Waals surface area contributed by atoms with Crippen LogP contribution in [0.2, 0.25) is 5.02 Å². The molecule has 6 heteroatoms. The fraction of sp³-hybridized carbons (Fsp3) is 0.235. The van der Waals surface area contributed by atoms with E-state index in [1.165, 1.54) is 6.07 Å². The molecule has 1 atom stereocenters. The van der Waals surface area contributed by atoms with E-state index >= 15 is 0 Å². The van der Waals surface area contributed by atoms with Crippen molar-refractivity contribution in [1.82, 2.24) is 4.90 Å². The number of benzene rings is 2. The van der Waals surface area contributed by atoms with Crippen LogP contribution in [0.1, 0.15) is 22.0 Å². The van der Waals surface area contributed by atoms with E-state index in [-0.39, 0.29) is 28.3 Å². The SMILES string of the molecule is Nc1c(F)cc(Cl)cc1C(=O)N1CCO[C@@H](c2ccccc2)C1. The van der Waals surface area contributed by atoms with Crippen LogP contribution in [0.25, 0.3) is 0 Å². The number of nitrogens with zero attached hydrogens (tertiary/aromatic N) is 1. The molecule has 0 radical (unpaired) electrons. The third-order valence-electron chi connectivity index (χ3n) is 3.85. The van der Waals surface area contributed by atoms with Crippen molar-refractivity contribution in [2.24, 2.45) is 0 Å². The molecule has 0 unspecified atom stereocenters. The minimum absolute atomic E-state index is 0.0868. The highest BCUT2D eigenvalue weighted by Gasteiger charge is 2.27. The highest BCUT2D eigenvalue weighted by atomic mass is 35.5. The molecule has 0 saturated carbocycles. The number of hydrogen-bond donors (Lipinski definition) is 1. The first kappa shape index (κ1) is 15.8. The number of carbonyl (C=O) groups is 1. The van der Waals surface area contributed by atoms with Crippen LogP contribution < -0.4 is 5.73 Å². The second-order valence-corrected chi connectivity index (χ2v) is 5.81. The smallest absolute Gasteiger partial charge is 0.256 e. The highest BCUT2D eigenvalue weighted by Crippen LogP contribution is 2.27. The van der Waals surface area contributed by atoms with Gasteiger partial charge in [0, 0.05) is 11.6 Å². The molecule has 0 spiro atoms. The number of anilines is 1. The number of ether oxygens (including phenoxy) is 1. The van der Waals surface area contributed by atoms with Crippen molar-refractivity contribution in [1.29, 1.82) is 0 Å². The Bertz CT molecular complexity index is 724. The lowest BCUT2D eigenvalue weighted by Gasteiger charge is -2.33. The molecule has 4 nitrogen and oxygen atoms in total. The van der Waals surface area contributed by atoms with Crippen molar-refractivity contribution in [3.8, 4) is 0 Å². The molecule has 1 heterocycles. The minimum Gasteiger partial charge on any atom is -0.396 e. The zero-order chi connectivity index (χ0) is 16.4. The molecule has 2 aromatic carbocycles. The third-order valence-corrected chi connectivity index (χ3v) is 4.07. The van der Waals surface area contributed by atoms with Gasteiger partial charge < -0.3 is 15.4 Å². The second kappa shape index (κ2) is 6.56. The van der Waals surface area contributed by atoms with E-state index in [0.717, 1.165) is 11.6 Å². The molecule has 120 valence electrons. The van der Waals surface area contributed by atoms with Crippen molar-refractivity contribution in [2.45, 2.75) is 6.10 Å². The van der Waals surface area contributed by atoms with Gasteiger partial charge in [-0.1, -0.05) is 41.9 Å². The summed E-state index contributed by atoms with van der Waals surface area (Å²) in [6.45, 7) is 1.22. The van der Waals surface area contributed by atoms with Gasteiger partial charge in [-0.25, -0.2) is 4.39 Å². The Hall–Kier alpha value is -2.11. The predicted octanol–water partition coefficient (Wildman–Crippen LogP) is 3.28. The quantitative estimate of drug-likeness (QED) is 0.857. The Morgan fingerprint density at radius 3 is 2.78 bits per heavy atom. The van der Waals surface area contributed by atoms with Crippen LogP contribution in [0, 0.1) is 5.82 Å². The standard InChI is InChI=1S/C17H16ClFN2O2/c18-12-8-13(16(20)14(19)9-12)17(22)21-6-7-23-15(10-21)11-4-2-1-3-5-11/h1-5,8-9,15H,6-7,10,20H2/t15-/m1/s1. The van der Waals surface area contributed by atoms with Gasteiger partial charge in [0.05, 0.1) is 24.4 Å². The molecule has 23 heavy (non-hydrogen) atoms. The van der Waals surface area contributed by atoms with Crippen molar-refractivity contribution >= 4 is 23.2 Å². The van der Waals surface area contributed by atoms with Crippen LogP contribution in [-0.4, -0.2) is 30.5 Å². The van der Waals surface area contributed by atoms with Gasteiger partial charge in [-0.05, 0) is 17.7 Å². The number of nitrogen functional groups attached to an aromatic ring is 1. The van der Waals surface area contributed by atoms with Crippen LogP contribution >= 0.6 is 11.6 Å². The van der Waals surface area contributed by atoms with Gasteiger partial charge in [0.25, 0.3) is 5.91 Å². The van der Waals surface area contributed by atoms with Crippen molar-refractivity contribution in [3.05, 3.63) is 64.4 Å². The van der Waals surface area contributed by atoms with Crippen molar-refractivity contribution in [2.75, 3.05) is 25.4 Å². The monoisotopic (exact) mass is 334 g/mol. The molecule has 2 N–H and O–H groups in total. The van der Waals surface area contributed by atoms with Crippen molar-refractivity contribution < 1.29 is 13.9 Å². The Morgan fingerprint density at radius 2 is 2.04 bits per heavy atom. The number of morpholine rings is 1. The van der Waals surface area contributed by atoms with Gasteiger partial charge in [0.1, 0.15) is 11.9 Å². The Balaban J connectivity index is 1.83. The van der Waals surface area contributed by atoms with Gasteiger partial charge in [0.15, 0.2) is 0 Å². The first-order valence-electron chi connectivity index (χ1n) is 7.26. The molecular formula is C17H16ClFN2O2. The normalized spacial score (nSPS) is 18.0. The molecule has 1 amide bonds. The van der Waals surface area contributed by atoms with E-state index in [4.69, 9.17) is 22.1 Å². The fourth-order valence-electron chi connectivity index (χ4n) is 2.64. The molecule has 1 saturated heterocycles. The lowest BCUT2D eigenvalue weighted by Crippen LogP contribution is -2.42. The molecule has 2 aromatic rings. The summed E-state index contributed by atoms with van der Waals surface area (Å²) in [7, 11) is 0. The van der Waals surface area contributed by atoms with Crippen LogP contribution in [0.3, 0.4) is 0 Å². The van der Waals surface area contributed by atoms with Crippen LogP contribution in [0.5, 0.6) is 0 Å². The molecule has 3 rings (SSSR count). The topological polar surface area (TPSA) is 55.6 Å². The third kappa shape index (κ3) is 3.30. The number of carbonyl (C=O) groups excluding carboxylic acids is 1. The lowest BCUT2D eigenvalue weighted by atomic mass is 10.1. The Kier molecular flexibility index (Phi) is 4.50. The molecular weight excluding hydrogens is 319 g/mol. The predicted molar refractivity (Wildman–Crippen MR) is 86.9 cm³/mol. The first-order valence-corrected chi connectivity index (χ1v) is 7.64.